The number of carbonyl (C=O) groups excluding carboxylic acids is 1. The summed E-state index contributed by atoms with van der Waals surface area (Å²) in [5.41, 5.74) is 6.31. The molecule has 8 heteroatoms. The van der Waals surface area contributed by atoms with Crippen LogP contribution in [0.2, 0.25) is 0 Å². The van der Waals surface area contributed by atoms with Crippen LogP contribution in [0.3, 0.4) is 0 Å². The molecule has 0 aromatic heterocycles. The Labute approximate surface area is 130 Å². The van der Waals surface area contributed by atoms with Gasteiger partial charge in [-0.25, -0.2) is 13.2 Å². The van der Waals surface area contributed by atoms with E-state index in [-0.39, 0.29) is 12.1 Å². The van der Waals surface area contributed by atoms with Crippen LogP contribution in [0.25, 0.3) is 0 Å². The van der Waals surface area contributed by atoms with Gasteiger partial charge in [-0.2, -0.15) is 5.01 Å². The van der Waals surface area contributed by atoms with E-state index in [1.54, 1.807) is 16.2 Å². The maximum atomic E-state index is 13.8. The molecule has 1 saturated heterocycles. The Bertz CT molecular complexity index is 694. The van der Waals surface area contributed by atoms with E-state index >= 15 is 0 Å². The zero-order valence-corrected chi connectivity index (χ0v) is 12.2. The zero-order valence-electron chi connectivity index (χ0n) is 12.2. The van der Waals surface area contributed by atoms with Gasteiger partial charge >= 0.3 is 0 Å². The highest BCUT2D eigenvalue weighted by atomic mass is 19.1. The summed E-state index contributed by atoms with van der Waals surface area (Å²) in [6, 6.07) is 1.29. The number of halogens is 3. The molecule has 0 aliphatic carbocycles. The van der Waals surface area contributed by atoms with Gasteiger partial charge in [0.15, 0.2) is 0 Å². The Morgan fingerprint density at radius 1 is 1.26 bits per heavy atom. The number of hydrogen-bond acceptors (Lipinski definition) is 4. The number of amides is 1. The minimum Gasteiger partial charge on any atom is -0.366 e. The van der Waals surface area contributed by atoms with E-state index in [1.807, 2.05) is 6.08 Å². The summed E-state index contributed by atoms with van der Waals surface area (Å²) in [6.45, 7) is 0.758. The Balaban J connectivity index is 1.89. The average molecular weight is 324 g/mol. The lowest BCUT2D eigenvalue weighted by Crippen LogP contribution is -2.52. The molecule has 1 amide bonds. The first-order valence-electron chi connectivity index (χ1n) is 7.03. The minimum atomic E-state index is -0.963. The van der Waals surface area contributed by atoms with Crippen LogP contribution in [-0.2, 0) is 11.3 Å². The number of primary amides is 1. The molecule has 1 fully saturated rings. The lowest BCUT2D eigenvalue weighted by atomic mass is 10.1. The summed E-state index contributed by atoms with van der Waals surface area (Å²) in [5, 5.41) is 6.36. The van der Waals surface area contributed by atoms with Crippen molar-refractivity contribution in [3.05, 3.63) is 58.7 Å². The number of nitrogens with one attached hydrogen (secondary N) is 1. The smallest absolute Gasteiger partial charge is 0.246 e. The van der Waals surface area contributed by atoms with Gasteiger partial charge in [-0.15, -0.1) is 0 Å². The van der Waals surface area contributed by atoms with Crippen LogP contribution >= 0.6 is 0 Å². The number of nitrogens with two attached hydrogens (primary N) is 1. The standard InChI is InChI=1S/C15H15F3N4O/c16-10-3-13(17)12(14(18)4-10)7-21-8-20-5-11-2-1-9(15(19)23)6-22(11)21/h2-4,6,20H,1,5,7-8H2,(H2,19,23). The Morgan fingerprint density at radius 3 is 2.61 bits per heavy atom. The van der Waals surface area contributed by atoms with E-state index < -0.39 is 23.4 Å². The van der Waals surface area contributed by atoms with E-state index in [0.29, 0.717) is 37.3 Å². The predicted molar refractivity (Wildman–Crippen MR) is 76.5 cm³/mol. The highest BCUT2D eigenvalue weighted by Crippen LogP contribution is 2.25. The third-order valence-electron chi connectivity index (χ3n) is 3.80. The van der Waals surface area contributed by atoms with Crippen molar-refractivity contribution >= 4 is 5.91 Å². The fourth-order valence-corrected chi connectivity index (χ4v) is 2.61. The Kier molecular flexibility index (Phi) is 4.10. The first kappa shape index (κ1) is 15.6. The van der Waals surface area contributed by atoms with Gasteiger partial charge in [-0.3, -0.25) is 15.1 Å². The quantitative estimate of drug-likeness (QED) is 0.881. The number of benzene rings is 1. The molecule has 0 unspecified atom stereocenters. The second kappa shape index (κ2) is 6.05. The van der Waals surface area contributed by atoms with Crippen LogP contribution in [0, 0.1) is 17.5 Å². The molecule has 0 radical (unpaired) electrons. The van der Waals surface area contributed by atoms with Crippen molar-refractivity contribution in [2.45, 2.75) is 13.0 Å². The number of hydrogen-bond donors (Lipinski definition) is 2. The van der Waals surface area contributed by atoms with E-state index in [4.69, 9.17) is 5.73 Å². The first-order chi connectivity index (χ1) is 11.0. The lowest BCUT2D eigenvalue weighted by Gasteiger charge is -2.42. The highest BCUT2D eigenvalue weighted by Gasteiger charge is 2.27. The topological polar surface area (TPSA) is 61.6 Å². The number of fused-ring (bicyclic) bond motifs is 1. The molecule has 0 spiro atoms. The maximum Gasteiger partial charge on any atom is 0.246 e. The van der Waals surface area contributed by atoms with Crippen LogP contribution < -0.4 is 11.1 Å². The third kappa shape index (κ3) is 3.08. The molecule has 0 saturated carbocycles. The molecule has 3 N–H and O–H groups in total. The summed E-state index contributed by atoms with van der Waals surface area (Å²) >= 11 is 0. The van der Waals surface area contributed by atoms with Crippen molar-refractivity contribution in [1.82, 2.24) is 15.3 Å². The lowest BCUT2D eigenvalue weighted by molar-refractivity contribution is -0.114. The fraction of sp³-hybridized carbons (Fsp3) is 0.267. The van der Waals surface area contributed by atoms with Gasteiger partial charge in [0.25, 0.3) is 0 Å². The van der Waals surface area contributed by atoms with Crippen LogP contribution in [0.1, 0.15) is 12.0 Å². The van der Waals surface area contributed by atoms with Crippen LogP contribution in [0.5, 0.6) is 0 Å². The van der Waals surface area contributed by atoms with Crippen molar-refractivity contribution in [1.29, 1.82) is 0 Å². The predicted octanol–water partition coefficient (Wildman–Crippen LogP) is 1.34. The van der Waals surface area contributed by atoms with Gasteiger partial charge in [0.1, 0.15) is 17.5 Å². The fourth-order valence-electron chi connectivity index (χ4n) is 2.61. The molecule has 1 aromatic rings. The monoisotopic (exact) mass is 324 g/mol. The third-order valence-corrected chi connectivity index (χ3v) is 3.80. The number of carbonyl (C=O) groups is 1. The number of hydrazine groups is 1. The number of rotatable bonds is 3. The molecule has 3 rings (SSSR count). The summed E-state index contributed by atoms with van der Waals surface area (Å²) in [6.07, 6.45) is 3.81. The van der Waals surface area contributed by atoms with Gasteiger partial charge in [0, 0.05) is 41.7 Å². The van der Waals surface area contributed by atoms with Gasteiger partial charge in [-0.05, 0) is 6.42 Å². The largest absolute Gasteiger partial charge is 0.366 e. The highest BCUT2D eigenvalue weighted by molar-refractivity contribution is 5.92. The molecule has 122 valence electrons. The molecular formula is C15H15F3N4O. The Hall–Kier alpha value is -2.32. The van der Waals surface area contributed by atoms with Crippen molar-refractivity contribution in [2.24, 2.45) is 5.73 Å². The van der Waals surface area contributed by atoms with Gasteiger partial charge < -0.3 is 5.73 Å². The molecule has 0 atom stereocenters. The molecule has 0 bridgehead atoms. The number of nitrogens with zero attached hydrogens (tertiary/aromatic N) is 2. The average Bonchev–Trinajstić information content (AvgIpc) is 2.50. The van der Waals surface area contributed by atoms with Crippen molar-refractivity contribution in [3.8, 4) is 0 Å². The second-order valence-electron chi connectivity index (χ2n) is 5.36. The van der Waals surface area contributed by atoms with E-state index in [9.17, 15) is 18.0 Å². The van der Waals surface area contributed by atoms with E-state index in [1.165, 1.54) is 0 Å². The summed E-state index contributed by atoms with van der Waals surface area (Å²) < 4.78 is 40.7. The molecule has 23 heavy (non-hydrogen) atoms. The van der Waals surface area contributed by atoms with E-state index in [2.05, 4.69) is 5.32 Å². The summed E-state index contributed by atoms with van der Waals surface area (Å²) in [7, 11) is 0. The van der Waals surface area contributed by atoms with Crippen LogP contribution in [0.4, 0.5) is 13.2 Å². The van der Waals surface area contributed by atoms with Crippen molar-refractivity contribution in [2.75, 3.05) is 13.2 Å². The molecule has 5 nitrogen and oxygen atoms in total. The molecule has 2 aliphatic rings. The van der Waals surface area contributed by atoms with Gasteiger partial charge in [0.05, 0.1) is 13.2 Å². The minimum absolute atomic E-state index is 0.120. The van der Waals surface area contributed by atoms with Gasteiger partial charge in [0.2, 0.25) is 5.91 Å². The molecular weight excluding hydrogens is 309 g/mol. The van der Waals surface area contributed by atoms with Crippen molar-refractivity contribution < 1.29 is 18.0 Å². The first-order valence-corrected chi connectivity index (χ1v) is 7.03. The second-order valence-corrected chi connectivity index (χ2v) is 5.36. The maximum absolute atomic E-state index is 13.8. The molecule has 2 aliphatic heterocycles. The summed E-state index contributed by atoms with van der Waals surface area (Å²) in [4.78, 5) is 11.3. The SMILES string of the molecule is NC(=O)C1=CN2C(=CC1)CNCN2Cc1c(F)cc(F)cc1F. The van der Waals surface area contributed by atoms with Gasteiger partial charge in [-0.1, -0.05) is 6.08 Å². The van der Waals surface area contributed by atoms with Crippen LogP contribution in [-0.4, -0.2) is 29.1 Å². The molecule has 1 aromatic carbocycles. The number of allylic oxidation sites excluding steroid dienone is 1. The van der Waals surface area contributed by atoms with Crippen molar-refractivity contribution in [3.63, 3.8) is 0 Å². The van der Waals surface area contributed by atoms with Crippen LogP contribution in [0.15, 0.2) is 35.7 Å². The Morgan fingerprint density at radius 2 is 1.96 bits per heavy atom. The normalized spacial score (nSPS) is 18.3. The summed E-state index contributed by atoms with van der Waals surface area (Å²) in [5.74, 6) is -3.41. The molecule has 2 heterocycles. The zero-order chi connectivity index (χ0) is 16.6. The van der Waals surface area contributed by atoms with E-state index in [0.717, 1.165) is 5.70 Å².